The van der Waals surface area contributed by atoms with Gasteiger partial charge in [-0.3, -0.25) is 4.90 Å². The van der Waals surface area contributed by atoms with Crippen LogP contribution in [0, 0.1) is 11.3 Å². The highest BCUT2D eigenvalue weighted by Gasteiger charge is 2.14. The Bertz CT molecular complexity index is 383. The predicted octanol–water partition coefficient (Wildman–Crippen LogP) is 2.19. The van der Waals surface area contributed by atoms with E-state index in [2.05, 4.69) is 17.9 Å². The molecule has 0 amide bonds. The summed E-state index contributed by atoms with van der Waals surface area (Å²) < 4.78 is 5.11. The molecule has 0 saturated carbocycles. The zero-order chi connectivity index (χ0) is 13.4. The molecule has 1 unspecified atom stereocenters. The first-order valence-corrected chi connectivity index (χ1v) is 6.14. The molecule has 2 N–H and O–H groups in total. The van der Waals surface area contributed by atoms with Crippen LogP contribution in [0.4, 0.5) is 5.69 Å². The number of nitriles is 1. The zero-order valence-electron chi connectivity index (χ0n) is 11.1. The van der Waals surface area contributed by atoms with E-state index in [1.807, 2.05) is 24.3 Å². The highest BCUT2D eigenvalue weighted by atomic mass is 16.5. The fourth-order valence-electron chi connectivity index (χ4n) is 1.89. The lowest BCUT2D eigenvalue weighted by molar-refractivity contribution is 0.126. The number of benzene rings is 1. The van der Waals surface area contributed by atoms with Crippen LogP contribution in [-0.4, -0.2) is 31.7 Å². The molecule has 1 aromatic rings. The van der Waals surface area contributed by atoms with Gasteiger partial charge in [-0.05, 0) is 24.6 Å². The molecular weight excluding hydrogens is 226 g/mol. The van der Waals surface area contributed by atoms with E-state index in [-0.39, 0.29) is 6.04 Å². The summed E-state index contributed by atoms with van der Waals surface area (Å²) in [5, 5.41) is 8.70. The molecule has 0 fully saturated rings. The monoisotopic (exact) mass is 247 g/mol. The standard InChI is InChI=1S/C14H21N3O/c1-12(13-4-6-14(16)7-5-13)17(9-3-8-15)10-11-18-2/h4-7,12H,3,9-11,16H2,1-2H3. The lowest BCUT2D eigenvalue weighted by Gasteiger charge is -2.28. The molecule has 0 saturated heterocycles. The molecule has 1 aromatic carbocycles. The largest absolute Gasteiger partial charge is 0.399 e. The summed E-state index contributed by atoms with van der Waals surface area (Å²) in [6.07, 6.45) is 0.531. The minimum Gasteiger partial charge on any atom is -0.399 e. The van der Waals surface area contributed by atoms with Gasteiger partial charge in [0.15, 0.2) is 0 Å². The number of nitrogens with two attached hydrogens (primary N) is 1. The van der Waals surface area contributed by atoms with Crippen LogP contribution in [0.3, 0.4) is 0 Å². The second-order valence-corrected chi connectivity index (χ2v) is 4.28. The molecule has 0 heterocycles. The van der Waals surface area contributed by atoms with E-state index < -0.39 is 0 Å². The van der Waals surface area contributed by atoms with Crippen LogP contribution in [0.1, 0.15) is 24.9 Å². The normalized spacial score (nSPS) is 12.3. The van der Waals surface area contributed by atoms with Gasteiger partial charge >= 0.3 is 0 Å². The van der Waals surface area contributed by atoms with Crippen molar-refractivity contribution in [2.45, 2.75) is 19.4 Å². The Kier molecular flexibility index (Phi) is 6.20. The van der Waals surface area contributed by atoms with Crippen molar-refractivity contribution in [3.05, 3.63) is 29.8 Å². The van der Waals surface area contributed by atoms with Crippen molar-refractivity contribution in [1.82, 2.24) is 4.90 Å². The fourth-order valence-corrected chi connectivity index (χ4v) is 1.89. The Morgan fingerprint density at radius 1 is 1.33 bits per heavy atom. The average molecular weight is 247 g/mol. The van der Waals surface area contributed by atoms with E-state index in [1.54, 1.807) is 7.11 Å². The van der Waals surface area contributed by atoms with Crippen LogP contribution >= 0.6 is 0 Å². The fraction of sp³-hybridized carbons (Fsp3) is 0.500. The molecule has 0 aliphatic rings. The quantitative estimate of drug-likeness (QED) is 0.750. The number of hydrogen-bond acceptors (Lipinski definition) is 4. The second-order valence-electron chi connectivity index (χ2n) is 4.28. The van der Waals surface area contributed by atoms with E-state index in [1.165, 1.54) is 5.56 Å². The summed E-state index contributed by atoms with van der Waals surface area (Å²) in [4.78, 5) is 2.25. The molecular formula is C14H21N3O. The summed E-state index contributed by atoms with van der Waals surface area (Å²) in [6, 6.07) is 10.3. The van der Waals surface area contributed by atoms with Crippen LogP contribution < -0.4 is 5.73 Å². The number of rotatable bonds is 7. The van der Waals surface area contributed by atoms with Gasteiger partial charge in [-0.25, -0.2) is 0 Å². The molecule has 0 bridgehead atoms. The first-order valence-electron chi connectivity index (χ1n) is 6.14. The maximum Gasteiger partial charge on any atom is 0.0635 e. The molecule has 18 heavy (non-hydrogen) atoms. The van der Waals surface area contributed by atoms with Crippen molar-refractivity contribution in [1.29, 1.82) is 5.26 Å². The van der Waals surface area contributed by atoms with E-state index in [4.69, 9.17) is 15.7 Å². The van der Waals surface area contributed by atoms with Gasteiger partial charge in [-0.1, -0.05) is 12.1 Å². The van der Waals surface area contributed by atoms with Crippen molar-refractivity contribution in [2.75, 3.05) is 32.5 Å². The van der Waals surface area contributed by atoms with Crippen molar-refractivity contribution < 1.29 is 4.74 Å². The third-order valence-corrected chi connectivity index (χ3v) is 3.06. The Balaban J connectivity index is 2.70. The summed E-state index contributed by atoms with van der Waals surface area (Å²) in [7, 11) is 1.69. The topological polar surface area (TPSA) is 62.3 Å². The Morgan fingerprint density at radius 2 is 2.00 bits per heavy atom. The summed E-state index contributed by atoms with van der Waals surface area (Å²) in [5.74, 6) is 0. The summed E-state index contributed by atoms with van der Waals surface area (Å²) >= 11 is 0. The van der Waals surface area contributed by atoms with Crippen LogP contribution in [0.25, 0.3) is 0 Å². The van der Waals surface area contributed by atoms with E-state index in [9.17, 15) is 0 Å². The van der Waals surface area contributed by atoms with E-state index >= 15 is 0 Å². The molecule has 0 aliphatic heterocycles. The highest BCUT2D eigenvalue weighted by molar-refractivity contribution is 5.40. The molecule has 0 radical (unpaired) electrons. The zero-order valence-corrected chi connectivity index (χ0v) is 11.1. The van der Waals surface area contributed by atoms with Crippen LogP contribution in [0.15, 0.2) is 24.3 Å². The van der Waals surface area contributed by atoms with Gasteiger partial charge in [-0.15, -0.1) is 0 Å². The highest BCUT2D eigenvalue weighted by Crippen LogP contribution is 2.21. The lowest BCUT2D eigenvalue weighted by atomic mass is 10.1. The number of nitrogen functional groups attached to an aromatic ring is 1. The van der Waals surface area contributed by atoms with Crippen molar-refractivity contribution in [2.24, 2.45) is 0 Å². The second kappa shape index (κ2) is 7.70. The number of nitrogens with zero attached hydrogens (tertiary/aromatic N) is 2. The first kappa shape index (κ1) is 14.5. The van der Waals surface area contributed by atoms with Crippen molar-refractivity contribution in [3.63, 3.8) is 0 Å². The molecule has 0 aliphatic carbocycles. The van der Waals surface area contributed by atoms with Crippen LogP contribution in [-0.2, 0) is 4.74 Å². The van der Waals surface area contributed by atoms with Gasteiger partial charge in [0.05, 0.1) is 12.7 Å². The van der Waals surface area contributed by atoms with E-state index in [0.29, 0.717) is 13.0 Å². The SMILES string of the molecule is COCCN(CCC#N)C(C)c1ccc(N)cc1. The lowest BCUT2D eigenvalue weighted by Crippen LogP contribution is -2.31. The summed E-state index contributed by atoms with van der Waals surface area (Å²) in [5.41, 5.74) is 7.66. The molecule has 0 spiro atoms. The predicted molar refractivity (Wildman–Crippen MR) is 72.9 cm³/mol. The van der Waals surface area contributed by atoms with Crippen molar-refractivity contribution in [3.8, 4) is 6.07 Å². The van der Waals surface area contributed by atoms with Gasteiger partial charge in [0.25, 0.3) is 0 Å². The van der Waals surface area contributed by atoms with Gasteiger partial charge in [0, 0.05) is 38.3 Å². The third kappa shape index (κ3) is 4.36. The Morgan fingerprint density at radius 3 is 2.56 bits per heavy atom. The minimum atomic E-state index is 0.258. The van der Waals surface area contributed by atoms with E-state index in [0.717, 1.165) is 18.8 Å². The smallest absolute Gasteiger partial charge is 0.0635 e. The van der Waals surface area contributed by atoms with Gasteiger partial charge in [0.1, 0.15) is 0 Å². The van der Waals surface area contributed by atoms with Gasteiger partial charge in [0.2, 0.25) is 0 Å². The maximum absolute atomic E-state index is 8.70. The Labute approximate surface area is 109 Å². The van der Waals surface area contributed by atoms with Gasteiger partial charge < -0.3 is 10.5 Å². The van der Waals surface area contributed by atoms with Gasteiger partial charge in [-0.2, -0.15) is 5.26 Å². The third-order valence-electron chi connectivity index (χ3n) is 3.06. The minimum absolute atomic E-state index is 0.258. The first-order chi connectivity index (χ1) is 8.69. The number of hydrogen-bond donors (Lipinski definition) is 1. The average Bonchev–Trinajstić information content (AvgIpc) is 2.39. The Hall–Kier alpha value is -1.57. The van der Waals surface area contributed by atoms with Crippen LogP contribution in [0.2, 0.25) is 0 Å². The molecule has 4 nitrogen and oxygen atoms in total. The molecule has 1 atom stereocenters. The van der Waals surface area contributed by atoms with Crippen molar-refractivity contribution >= 4 is 5.69 Å². The molecule has 1 rings (SSSR count). The molecule has 98 valence electrons. The number of ether oxygens (including phenoxy) is 1. The number of anilines is 1. The number of methoxy groups -OCH3 is 1. The summed E-state index contributed by atoms with van der Waals surface area (Å²) in [6.45, 7) is 4.39. The molecule has 0 aromatic heterocycles. The molecule has 4 heteroatoms. The maximum atomic E-state index is 8.70. The van der Waals surface area contributed by atoms with Crippen LogP contribution in [0.5, 0.6) is 0 Å².